The van der Waals surface area contributed by atoms with Crippen molar-refractivity contribution in [1.29, 1.82) is 0 Å². The predicted octanol–water partition coefficient (Wildman–Crippen LogP) is 3.23. The second kappa shape index (κ2) is 6.05. The van der Waals surface area contributed by atoms with Gasteiger partial charge >= 0.3 is 12.1 Å². The molecule has 1 aromatic carbocycles. The molecule has 0 fully saturated rings. The standard InChI is InChI=1S/C16H18F3N3O3/c1-8(2)22-11-6-5-9(12(23)21-15(3,4)14(24)25)7-10(11)20-13(22)16(17,18)19/h5-8H,1-4H3,(H,21,23)(H,24,25). The number of aliphatic carboxylic acids is 1. The Morgan fingerprint density at radius 3 is 2.32 bits per heavy atom. The van der Waals surface area contributed by atoms with Crippen LogP contribution in [0.2, 0.25) is 0 Å². The lowest BCUT2D eigenvalue weighted by Crippen LogP contribution is -2.49. The molecule has 136 valence electrons. The van der Waals surface area contributed by atoms with Crippen molar-refractivity contribution < 1.29 is 27.9 Å². The lowest BCUT2D eigenvalue weighted by atomic mass is 10.1. The number of carbonyl (C=O) groups excluding carboxylic acids is 1. The Morgan fingerprint density at radius 1 is 1.24 bits per heavy atom. The van der Waals surface area contributed by atoms with E-state index >= 15 is 0 Å². The molecule has 0 saturated heterocycles. The van der Waals surface area contributed by atoms with Crippen molar-refractivity contribution in [3.05, 3.63) is 29.6 Å². The molecule has 0 aliphatic carbocycles. The number of amides is 1. The van der Waals surface area contributed by atoms with Crippen LogP contribution in [-0.4, -0.2) is 32.1 Å². The topological polar surface area (TPSA) is 84.2 Å². The van der Waals surface area contributed by atoms with Crippen LogP contribution < -0.4 is 5.32 Å². The van der Waals surface area contributed by atoms with E-state index in [0.29, 0.717) is 0 Å². The maximum absolute atomic E-state index is 13.2. The van der Waals surface area contributed by atoms with Crippen LogP contribution in [0.5, 0.6) is 0 Å². The third-order valence-corrected chi connectivity index (χ3v) is 3.68. The molecule has 1 heterocycles. The third kappa shape index (κ3) is 3.59. The first-order valence-electron chi connectivity index (χ1n) is 7.49. The van der Waals surface area contributed by atoms with E-state index in [9.17, 15) is 22.8 Å². The molecule has 0 spiro atoms. The van der Waals surface area contributed by atoms with Gasteiger partial charge in [0.25, 0.3) is 5.91 Å². The minimum absolute atomic E-state index is 0.0156. The highest BCUT2D eigenvalue weighted by Gasteiger charge is 2.38. The largest absolute Gasteiger partial charge is 0.480 e. The number of imidazole rings is 1. The zero-order valence-electron chi connectivity index (χ0n) is 14.1. The van der Waals surface area contributed by atoms with Gasteiger partial charge in [-0.3, -0.25) is 4.79 Å². The van der Waals surface area contributed by atoms with Crippen molar-refractivity contribution in [3.8, 4) is 0 Å². The average Bonchev–Trinajstić information content (AvgIpc) is 2.85. The molecule has 0 saturated carbocycles. The third-order valence-electron chi connectivity index (χ3n) is 3.68. The van der Waals surface area contributed by atoms with Gasteiger partial charge in [-0.2, -0.15) is 13.2 Å². The molecule has 1 amide bonds. The molecule has 0 radical (unpaired) electrons. The van der Waals surface area contributed by atoms with Gasteiger partial charge in [0.1, 0.15) is 5.54 Å². The molecule has 25 heavy (non-hydrogen) atoms. The summed E-state index contributed by atoms with van der Waals surface area (Å²) in [4.78, 5) is 26.9. The van der Waals surface area contributed by atoms with Crippen LogP contribution in [0.25, 0.3) is 11.0 Å². The number of alkyl halides is 3. The number of hydrogen-bond acceptors (Lipinski definition) is 3. The molecule has 0 atom stereocenters. The quantitative estimate of drug-likeness (QED) is 0.880. The number of carboxylic acids is 1. The fourth-order valence-corrected chi connectivity index (χ4v) is 2.37. The van der Waals surface area contributed by atoms with E-state index in [1.807, 2.05) is 0 Å². The van der Waals surface area contributed by atoms with Gasteiger partial charge in [0, 0.05) is 11.6 Å². The Kier molecular flexibility index (Phi) is 4.54. The normalized spacial score (nSPS) is 12.6. The number of fused-ring (bicyclic) bond motifs is 1. The highest BCUT2D eigenvalue weighted by Crippen LogP contribution is 2.33. The number of halogens is 3. The molecule has 6 nitrogen and oxygen atoms in total. The number of aromatic nitrogens is 2. The van der Waals surface area contributed by atoms with Gasteiger partial charge < -0.3 is 15.0 Å². The summed E-state index contributed by atoms with van der Waals surface area (Å²) in [6.45, 7) is 5.82. The molecular weight excluding hydrogens is 339 g/mol. The van der Waals surface area contributed by atoms with E-state index in [0.717, 1.165) is 4.57 Å². The zero-order valence-corrected chi connectivity index (χ0v) is 14.1. The van der Waals surface area contributed by atoms with Crippen molar-refractivity contribution in [3.63, 3.8) is 0 Å². The van der Waals surface area contributed by atoms with Crippen LogP contribution >= 0.6 is 0 Å². The molecule has 2 rings (SSSR count). The van der Waals surface area contributed by atoms with E-state index in [1.54, 1.807) is 13.8 Å². The van der Waals surface area contributed by atoms with Gasteiger partial charge in [-0.1, -0.05) is 0 Å². The van der Waals surface area contributed by atoms with Crippen LogP contribution in [0, 0.1) is 0 Å². The van der Waals surface area contributed by atoms with Crippen molar-refractivity contribution >= 4 is 22.9 Å². The van der Waals surface area contributed by atoms with Gasteiger partial charge in [-0.15, -0.1) is 0 Å². The van der Waals surface area contributed by atoms with Gasteiger partial charge in [0.2, 0.25) is 5.82 Å². The minimum Gasteiger partial charge on any atom is -0.480 e. The maximum Gasteiger partial charge on any atom is 0.449 e. The van der Waals surface area contributed by atoms with Crippen LogP contribution in [0.1, 0.15) is 49.9 Å². The number of nitrogens with zero attached hydrogens (tertiary/aromatic N) is 2. The second-order valence-corrected chi connectivity index (χ2v) is 6.48. The summed E-state index contributed by atoms with van der Waals surface area (Å²) in [5.74, 6) is -2.98. The van der Waals surface area contributed by atoms with Crippen LogP contribution in [0.15, 0.2) is 18.2 Å². The molecule has 0 unspecified atom stereocenters. The fourth-order valence-electron chi connectivity index (χ4n) is 2.37. The van der Waals surface area contributed by atoms with Gasteiger partial charge in [-0.05, 0) is 45.9 Å². The first-order valence-corrected chi connectivity index (χ1v) is 7.49. The Morgan fingerprint density at radius 2 is 1.84 bits per heavy atom. The fraction of sp³-hybridized carbons (Fsp3) is 0.438. The average molecular weight is 357 g/mol. The summed E-state index contributed by atoms with van der Waals surface area (Å²) in [6.07, 6.45) is -4.63. The number of hydrogen-bond donors (Lipinski definition) is 2. The summed E-state index contributed by atoms with van der Waals surface area (Å²) in [7, 11) is 0. The number of rotatable bonds is 4. The first kappa shape index (κ1) is 18.8. The van der Waals surface area contributed by atoms with E-state index in [1.165, 1.54) is 32.0 Å². The molecule has 1 aromatic heterocycles. The van der Waals surface area contributed by atoms with Crippen molar-refractivity contribution in [2.24, 2.45) is 0 Å². The Bertz CT molecular complexity index is 838. The van der Waals surface area contributed by atoms with Gasteiger partial charge in [0.05, 0.1) is 11.0 Å². The summed E-state index contributed by atoms with van der Waals surface area (Å²) in [5.41, 5.74) is -1.22. The monoisotopic (exact) mass is 357 g/mol. The first-order chi connectivity index (χ1) is 11.3. The molecule has 0 aliphatic heterocycles. The summed E-state index contributed by atoms with van der Waals surface area (Å²) >= 11 is 0. The van der Waals surface area contributed by atoms with E-state index in [4.69, 9.17) is 5.11 Å². The highest BCUT2D eigenvalue weighted by molar-refractivity contribution is 6.00. The Labute approximate surface area is 141 Å². The van der Waals surface area contributed by atoms with Gasteiger partial charge in [0.15, 0.2) is 0 Å². The van der Waals surface area contributed by atoms with E-state index in [-0.39, 0.29) is 16.6 Å². The molecule has 2 aromatic rings. The van der Waals surface area contributed by atoms with Crippen LogP contribution in [0.4, 0.5) is 13.2 Å². The van der Waals surface area contributed by atoms with Crippen LogP contribution in [0.3, 0.4) is 0 Å². The number of benzene rings is 1. The molecule has 0 bridgehead atoms. The molecule has 2 N–H and O–H groups in total. The molecule has 9 heteroatoms. The minimum atomic E-state index is -4.63. The predicted molar refractivity (Wildman–Crippen MR) is 84.3 cm³/mol. The molecule has 0 aliphatic rings. The lowest BCUT2D eigenvalue weighted by molar-refractivity contribution is -0.147. The second-order valence-electron chi connectivity index (χ2n) is 6.48. The van der Waals surface area contributed by atoms with Crippen molar-refractivity contribution in [1.82, 2.24) is 14.9 Å². The molecular formula is C16H18F3N3O3. The van der Waals surface area contributed by atoms with E-state index in [2.05, 4.69) is 10.3 Å². The van der Waals surface area contributed by atoms with E-state index < -0.39 is 35.5 Å². The summed E-state index contributed by atoms with van der Waals surface area (Å²) < 4.78 is 40.6. The lowest BCUT2D eigenvalue weighted by Gasteiger charge is -2.21. The Balaban J connectivity index is 2.50. The maximum atomic E-state index is 13.2. The van der Waals surface area contributed by atoms with Crippen molar-refractivity contribution in [2.45, 2.75) is 45.5 Å². The number of nitrogens with one attached hydrogen (secondary N) is 1. The zero-order chi connectivity index (χ0) is 19.2. The number of carbonyl (C=O) groups is 2. The smallest absolute Gasteiger partial charge is 0.449 e. The number of carboxylic acid groups (broad SMARTS) is 1. The SMILES string of the molecule is CC(C)n1c(C(F)(F)F)nc2cc(C(=O)NC(C)(C)C(=O)O)ccc21. The summed E-state index contributed by atoms with van der Waals surface area (Å²) in [6, 6.07) is 3.46. The van der Waals surface area contributed by atoms with Gasteiger partial charge in [-0.25, -0.2) is 9.78 Å². The van der Waals surface area contributed by atoms with Crippen LogP contribution in [-0.2, 0) is 11.0 Å². The Hall–Kier alpha value is -2.58. The summed E-state index contributed by atoms with van der Waals surface area (Å²) in [5, 5.41) is 11.4. The highest BCUT2D eigenvalue weighted by atomic mass is 19.4. The van der Waals surface area contributed by atoms with Crippen molar-refractivity contribution in [2.75, 3.05) is 0 Å².